The van der Waals surface area contributed by atoms with Crippen molar-refractivity contribution < 1.29 is 4.79 Å². The second-order valence-electron chi connectivity index (χ2n) is 5.43. The van der Waals surface area contributed by atoms with Crippen molar-refractivity contribution in [2.45, 2.75) is 31.8 Å². The summed E-state index contributed by atoms with van der Waals surface area (Å²) in [5, 5.41) is 7.09. The summed E-state index contributed by atoms with van der Waals surface area (Å²) in [7, 11) is 0. The van der Waals surface area contributed by atoms with E-state index in [0.29, 0.717) is 12.1 Å². The zero-order chi connectivity index (χ0) is 14.7. The van der Waals surface area contributed by atoms with Crippen molar-refractivity contribution in [3.05, 3.63) is 46.2 Å². The van der Waals surface area contributed by atoms with E-state index in [4.69, 9.17) is 0 Å². The SMILES string of the molecule is O=C1NCCCC[C@@H]1NCc1cc2ccccc2[nH]c1=O. The van der Waals surface area contributed by atoms with Crippen molar-refractivity contribution in [2.75, 3.05) is 6.54 Å². The van der Waals surface area contributed by atoms with Gasteiger partial charge in [0.2, 0.25) is 5.91 Å². The van der Waals surface area contributed by atoms with Gasteiger partial charge in [0.25, 0.3) is 5.56 Å². The van der Waals surface area contributed by atoms with E-state index in [1.807, 2.05) is 30.3 Å². The average Bonchev–Trinajstić information content (AvgIpc) is 2.69. The van der Waals surface area contributed by atoms with Crippen molar-refractivity contribution in [1.82, 2.24) is 15.6 Å². The van der Waals surface area contributed by atoms with Gasteiger partial charge in [-0.05, 0) is 36.8 Å². The molecule has 3 N–H and O–H groups in total. The lowest BCUT2D eigenvalue weighted by atomic mass is 10.1. The van der Waals surface area contributed by atoms with E-state index in [-0.39, 0.29) is 17.5 Å². The summed E-state index contributed by atoms with van der Waals surface area (Å²) in [5.74, 6) is 0.0321. The van der Waals surface area contributed by atoms with Crippen LogP contribution in [0.25, 0.3) is 10.9 Å². The molecule has 1 atom stereocenters. The van der Waals surface area contributed by atoms with Crippen LogP contribution in [0.5, 0.6) is 0 Å². The highest BCUT2D eigenvalue weighted by Crippen LogP contribution is 2.11. The van der Waals surface area contributed by atoms with Crippen molar-refractivity contribution in [3.63, 3.8) is 0 Å². The number of aromatic nitrogens is 1. The minimum absolute atomic E-state index is 0.0321. The number of H-pyrrole nitrogens is 1. The molecular weight excluding hydrogens is 266 g/mol. The summed E-state index contributed by atoms with van der Waals surface area (Å²) in [6.07, 6.45) is 2.85. The fraction of sp³-hybridized carbons (Fsp3) is 0.375. The number of para-hydroxylation sites is 1. The maximum absolute atomic E-state index is 12.1. The number of pyridine rings is 1. The molecule has 0 bridgehead atoms. The lowest BCUT2D eigenvalue weighted by molar-refractivity contribution is -0.122. The maximum atomic E-state index is 12.1. The van der Waals surface area contributed by atoms with E-state index in [9.17, 15) is 9.59 Å². The van der Waals surface area contributed by atoms with Crippen LogP contribution < -0.4 is 16.2 Å². The number of hydrogen-bond acceptors (Lipinski definition) is 3. The molecule has 0 aliphatic carbocycles. The molecule has 21 heavy (non-hydrogen) atoms. The van der Waals surface area contributed by atoms with Crippen LogP contribution in [0.2, 0.25) is 0 Å². The molecule has 5 nitrogen and oxygen atoms in total. The van der Waals surface area contributed by atoms with Crippen LogP contribution in [0.15, 0.2) is 35.1 Å². The molecule has 1 aliphatic heterocycles. The standard InChI is InChI=1S/C16H19N3O2/c20-15-12(9-11-5-1-2-6-13(11)19-15)10-18-14-7-3-4-8-17-16(14)21/h1-2,5-6,9,14,18H,3-4,7-8,10H2,(H,17,21)(H,19,20)/t14-/m0/s1. The van der Waals surface area contributed by atoms with Crippen molar-refractivity contribution in [3.8, 4) is 0 Å². The Balaban J connectivity index is 1.76. The highest BCUT2D eigenvalue weighted by Gasteiger charge is 2.20. The van der Waals surface area contributed by atoms with Gasteiger partial charge in [-0.1, -0.05) is 18.2 Å². The van der Waals surface area contributed by atoms with Crippen LogP contribution in [0.4, 0.5) is 0 Å². The number of aromatic amines is 1. The Bertz CT molecular complexity index is 708. The molecule has 1 aromatic carbocycles. The molecule has 5 heteroatoms. The van der Waals surface area contributed by atoms with Crippen molar-refractivity contribution in [2.24, 2.45) is 0 Å². The number of carbonyl (C=O) groups excluding carboxylic acids is 1. The topological polar surface area (TPSA) is 74.0 Å². The van der Waals surface area contributed by atoms with Gasteiger partial charge in [-0.2, -0.15) is 0 Å². The quantitative estimate of drug-likeness (QED) is 0.795. The van der Waals surface area contributed by atoms with E-state index in [1.165, 1.54) is 0 Å². The van der Waals surface area contributed by atoms with E-state index in [0.717, 1.165) is 36.7 Å². The molecule has 1 aromatic heterocycles. The highest BCUT2D eigenvalue weighted by atomic mass is 16.2. The van der Waals surface area contributed by atoms with E-state index in [2.05, 4.69) is 15.6 Å². The van der Waals surface area contributed by atoms with Gasteiger partial charge >= 0.3 is 0 Å². The zero-order valence-electron chi connectivity index (χ0n) is 11.8. The molecular formula is C16H19N3O2. The Morgan fingerprint density at radius 3 is 2.95 bits per heavy atom. The van der Waals surface area contributed by atoms with Crippen LogP contribution in [-0.2, 0) is 11.3 Å². The van der Waals surface area contributed by atoms with E-state index < -0.39 is 0 Å². The maximum Gasteiger partial charge on any atom is 0.252 e. The van der Waals surface area contributed by atoms with Gasteiger partial charge in [0, 0.05) is 24.2 Å². The van der Waals surface area contributed by atoms with Gasteiger partial charge in [0.1, 0.15) is 0 Å². The molecule has 0 saturated carbocycles. The number of fused-ring (bicyclic) bond motifs is 1. The lowest BCUT2D eigenvalue weighted by Gasteiger charge is -2.15. The Morgan fingerprint density at radius 1 is 1.19 bits per heavy atom. The molecule has 110 valence electrons. The molecule has 0 unspecified atom stereocenters. The number of nitrogens with one attached hydrogen (secondary N) is 3. The lowest BCUT2D eigenvalue weighted by Crippen LogP contribution is -2.43. The average molecular weight is 285 g/mol. The summed E-state index contributed by atoms with van der Waals surface area (Å²) in [6.45, 7) is 1.14. The molecule has 2 heterocycles. The fourth-order valence-electron chi connectivity index (χ4n) is 2.69. The second kappa shape index (κ2) is 6.10. The highest BCUT2D eigenvalue weighted by molar-refractivity contribution is 5.82. The van der Waals surface area contributed by atoms with Gasteiger partial charge in [-0.25, -0.2) is 0 Å². The summed E-state index contributed by atoms with van der Waals surface area (Å²) >= 11 is 0. The van der Waals surface area contributed by atoms with Gasteiger partial charge < -0.3 is 15.6 Å². The number of amides is 1. The monoisotopic (exact) mass is 285 g/mol. The molecule has 1 aliphatic rings. The van der Waals surface area contributed by atoms with Crippen molar-refractivity contribution >= 4 is 16.8 Å². The molecule has 0 radical (unpaired) electrons. The van der Waals surface area contributed by atoms with Crippen molar-refractivity contribution in [1.29, 1.82) is 0 Å². The third-order valence-corrected chi connectivity index (χ3v) is 3.90. The van der Waals surface area contributed by atoms with E-state index >= 15 is 0 Å². The Labute approximate surface area is 122 Å². The predicted octanol–water partition coefficient (Wildman–Crippen LogP) is 1.29. The number of benzene rings is 1. The summed E-state index contributed by atoms with van der Waals surface area (Å²) in [4.78, 5) is 26.8. The molecule has 1 fully saturated rings. The normalized spacial score (nSPS) is 19.2. The van der Waals surface area contributed by atoms with Gasteiger partial charge in [-0.3, -0.25) is 9.59 Å². The molecule has 1 amide bonds. The van der Waals surface area contributed by atoms with Crippen LogP contribution in [-0.4, -0.2) is 23.5 Å². The third-order valence-electron chi connectivity index (χ3n) is 3.90. The van der Waals surface area contributed by atoms with Crippen LogP contribution in [0.3, 0.4) is 0 Å². The number of rotatable bonds is 3. The predicted molar refractivity (Wildman–Crippen MR) is 82.1 cm³/mol. The minimum atomic E-state index is -0.210. The Hall–Kier alpha value is -2.14. The summed E-state index contributed by atoms with van der Waals surface area (Å²) in [6, 6.07) is 9.36. The fourth-order valence-corrected chi connectivity index (χ4v) is 2.69. The first-order valence-corrected chi connectivity index (χ1v) is 7.36. The zero-order valence-corrected chi connectivity index (χ0v) is 11.8. The summed E-state index contributed by atoms with van der Waals surface area (Å²) < 4.78 is 0. The van der Waals surface area contributed by atoms with Gasteiger partial charge in [0.05, 0.1) is 6.04 Å². The molecule has 2 aromatic rings. The number of hydrogen-bond donors (Lipinski definition) is 3. The first-order valence-electron chi connectivity index (χ1n) is 7.36. The van der Waals surface area contributed by atoms with Crippen LogP contribution >= 0.6 is 0 Å². The molecule has 1 saturated heterocycles. The number of carbonyl (C=O) groups is 1. The first kappa shape index (κ1) is 13.8. The first-order chi connectivity index (χ1) is 10.2. The van der Waals surface area contributed by atoms with Gasteiger partial charge in [-0.15, -0.1) is 0 Å². The summed E-state index contributed by atoms with van der Waals surface area (Å²) in [5.41, 5.74) is 1.39. The molecule has 0 spiro atoms. The smallest absolute Gasteiger partial charge is 0.252 e. The third kappa shape index (κ3) is 3.13. The van der Waals surface area contributed by atoms with Crippen LogP contribution in [0, 0.1) is 0 Å². The Morgan fingerprint density at radius 2 is 2.05 bits per heavy atom. The van der Waals surface area contributed by atoms with Gasteiger partial charge in [0.15, 0.2) is 0 Å². The molecule has 3 rings (SSSR count). The van der Waals surface area contributed by atoms with E-state index in [1.54, 1.807) is 0 Å². The minimum Gasteiger partial charge on any atom is -0.355 e. The largest absolute Gasteiger partial charge is 0.355 e. The Kier molecular flexibility index (Phi) is 4.01. The second-order valence-corrected chi connectivity index (χ2v) is 5.43. The van der Waals surface area contributed by atoms with Crippen LogP contribution in [0.1, 0.15) is 24.8 Å².